The highest BCUT2D eigenvalue weighted by atomic mass is 16.3. The monoisotopic (exact) mass is 328 g/mol. The summed E-state index contributed by atoms with van der Waals surface area (Å²) in [5.41, 5.74) is 2.66. The van der Waals surface area contributed by atoms with Gasteiger partial charge in [-0.2, -0.15) is 0 Å². The quantitative estimate of drug-likeness (QED) is 0.869. The molecule has 132 valence electrons. The molecule has 2 fully saturated rings. The average molecular weight is 329 g/mol. The Bertz CT molecular complexity index is 520. The van der Waals surface area contributed by atoms with E-state index in [1.807, 2.05) is 0 Å². The zero-order valence-electron chi connectivity index (χ0n) is 15.0. The van der Waals surface area contributed by atoms with E-state index in [1.165, 1.54) is 43.2 Å². The summed E-state index contributed by atoms with van der Waals surface area (Å²) >= 11 is 0. The van der Waals surface area contributed by atoms with E-state index in [1.54, 1.807) is 0 Å². The lowest BCUT2D eigenvalue weighted by Crippen LogP contribution is -2.51. The van der Waals surface area contributed by atoms with E-state index < -0.39 is 0 Å². The number of piperidine rings is 1. The molecule has 3 nitrogen and oxygen atoms in total. The van der Waals surface area contributed by atoms with E-state index in [0.717, 1.165) is 26.1 Å². The van der Waals surface area contributed by atoms with E-state index in [0.29, 0.717) is 12.1 Å². The number of rotatable bonds is 5. The van der Waals surface area contributed by atoms with Crippen LogP contribution in [0, 0.1) is 0 Å². The van der Waals surface area contributed by atoms with E-state index in [4.69, 9.17) is 0 Å². The summed E-state index contributed by atoms with van der Waals surface area (Å²) in [6.07, 6.45) is 9.21. The summed E-state index contributed by atoms with van der Waals surface area (Å²) in [7, 11) is 0. The molecular formula is C21H32N2O. The summed E-state index contributed by atoms with van der Waals surface area (Å²) in [5, 5.41) is 14.0. The topological polar surface area (TPSA) is 35.5 Å². The fourth-order valence-corrected chi connectivity index (χ4v) is 4.14. The van der Waals surface area contributed by atoms with Crippen LogP contribution in [0.1, 0.15) is 51.0 Å². The molecule has 1 saturated heterocycles. The molecule has 24 heavy (non-hydrogen) atoms. The number of benzene rings is 1. The molecule has 1 aromatic rings. The van der Waals surface area contributed by atoms with Crippen molar-refractivity contribution in [2.45, 2.75) is 63.6 Å². The molecule has 0 bridgehead atoms. The first-order valence-electron chi connectivity index (χ1n) is 9.60. The van der Waals surface area contributed by atoms with Crippen LogP contribution < -0.4 is 5.32 Å². The standard InChI is InChI=1S/C21H32N2O/c1-17(15-18-7-3-2-4-8-18)16-22-19-11-13-23(14-12-19)20-9-5-6-10-21(20)24/h2-4,7-8,15,19-22,24H,5-6,9-14,16H2,1H3/b17-15-. The molecule has 0 amide bonds. The molecule has 1 heterocycles. The second kappa shape index (κ2) is 8.80. The van der Waals surface area contributed by atoms with Crippen molar-refractivity contribution in [3.8, 4) is 0 Å². The maximum absolute atomic E-state index is 10.2. The molecule has 0 spiro atoms. The Morgan fingerprint density at radius 3 is 2.54 bits per heavy atom. The Hall–Kier alpha value is -1.16. The Morgan fingerprint density at radius 1 is 1.12 bits per heavy atom. The van der Waals surface area contributed by atoms with Gasteiger partial charge < -0.3 is 10.4 Å². The molecule has 2 atom stereocenters. The van der Waals surface area contributed by atoms with Crippen LogP contribution in [-0.4, -0.2) is 47.8 Å². The maximum atomic E-state index is 10.2. The van der Waals surface area contributed by atoms with Crippen molar-refractivity contribution in [3.63, 3.8) is 0 Å². The number of hydrogen-bond donors (Lipinski definition) is 2. The molecule has 2 N–H and O–H groups in total. The predicted octanol–water partition coefficient (Wildman–Crippen LogP) is 3.45. The molecule has 1 saturated carbocycles. The van der Waals surface area contributed by atoms with Crippen molar-refractivity contribution < 1.29 is 5.11 Å². The first-order valence-corrected chi connectivity index (χ1v) is 9.60. The zero-order chi connectivity index (χ0) is 16.8. The fraction of sp³-hybridized carbons (Fsp3) is 0.619. The van der Waals surface area contributed by atoms with Crippen molar-refractivity contribution in [2.24, 2.45) is 0 Å². The van der Waals surface area contributed by atoms with Crippen LogP contribution >= 0.6 is 0 Å². The number of nitrogens with zero attached hydrogens (tertiary/aromatic N) is 1. The molecule has 3 rings (SSSR count). The van der Waals surface area contributed by atoms with Gasteiger partial charge in [0.1, 0.15) is 0 Å². The van der Waals surface area contributed by atoms with Crippen LogP contribution in [0.4, 0.5) is 0 Å². The molecule has 1 aliphatic carbocycles. The Kier molecular flexibility index (Phi) is 6.47. The Balaban J connectivity index is 1.41. The highest BCUT2D eigenvalue weighted by molar-refractivity contribution is 5.52. The minimum atomic E-state index is -0.0979. The third kappa shape index (κ3) is 4.92. The second-order valence-electron chi connectivity index (χ2n) is 7.51. The molecule has 1 aliphatic heterocycles. The third-order valence-corrected chi connectivity index (χ3v) is 5.57. The van der Waals surface area contributed by atoms with Crippen molar-refractivity contribution >= 4 is 6.08 Å². The van der Waals surface area contributed by atoms with Crippen molar-refractivity contribution in [1.82, 2.24) is 10.2 Å². The summed E-state index contributed by atoms with van der Waals surface area (Å²) in [6.45, 7) is 5.42. The average Bonchev–Trinajstić information content (AvgIpc) is 2.62. The number of hydrogen-bond acceptors (Lipinski definition) is 3. The van der Waals surface area contributed by atoms with Gasteiger partial charge in [0, 0.05) is 31.7 Å². The number of aliphatic hydroxyl groups excluding tert-OH is 1. The smallest absolute Gasteiger partial charge is 0.0695 e. The first-order chi connectivity index (χ1) is 11.7. The lowest BCUT2D eigenvalue weighted by molar-refractivity contribution is 0.00738. The van der Waals surface area contributed by atoms with Gasteiger partial charge >= 0.3 is 0 Å². The van der Waals surface area contributed by atoms with Gasteiger partial charge in [-0.05, 0) is 38.2 Å². The highest BCUT2D eigenvalue weighted by Gasteiger charge is 2.31. The molecule has 2 unspecified atom stereocenters. The van der Waals surface area contributed by atoms with Crippen LogP contribution in [0.3, 0.4) is 0 Å². The lowest BCUT2D eigenvalue weighted by atomic mass is 9.89. The van der Waals surface area contributed by atoms with Gasteiger partial charge in [0.05, 0.1) is 6.10 Å². The minimum Gasteiger partial charge on any atom is -0.391 e. The summed E-state index contributed by atoms with van der Waals surface area (Å²) < 4.78 is 0. The van der Waals surface area contributed by atoms with Crippen molar-refractivity contribution in [1.29, 1.82) is 0 Å². The Labute approximate surface area is 146 Å². The molecule has 3 heteroatoms. The summed E-state index contributed by atoms with van der Waals surface area (Å²) in [4.78, 5) is 2.54. The zero-order valence-corrected chi connectivity index (χ0v) is 15.0. The second-order valence-corrected chi connectivity index (χ2v) is 7.51. The van der Waals surface area contributed by atoms with Crippen LogP contribution in [0.25, 0.3) is 6.08 Å². The van der Waals surface area contributed by atoms with E-state index in [2.05, 4.69) is 53.5 Å². The number of likely N-dealkylation sites (tertiary alicyclic amines) is 1. The molecule has 0 radical (unpaired) electrons. The summed E-state index contributed by atoms with van der Waals surface area (Å²) in [5.74, 6) is 0. The van der Waals surface area contributed by atoms with Gasteiger partial charge in [0.15, 0.2) is 0 Å². The van der Waals surface area contributed by atoms with Gasteiger partial charge in [-0.25, -0.2) is 0 Å². The van der Waals surface area contributed by atoms with Crippen LogP contribution in [0.2, 0.25) is 0 Å². The van der Waals surface area contributed by atoms with Crippen molar-refractivity contribution in [3.05, 3.63) is 41.5 Å². The van der Waals surface area contributed by atoms with E-state index >= 15 is 0 Å². The van der Waals surface area contributed by atoms with Gasteiger partial charge in [-0.1, -0.05) is 54.8 Å². The molecular weight excluding hydrogens is 296 g/mol. The van der Waals surface area contributed by atoms with Gasteiger partial charge in [0.25, 0.3) is 0 Å². The fourth-order valence-electron chi connectivity index (χ4n) is 4.14. The molecule has 2 aliphatic rings. The van der Waals surface area contributed by atoms with Crippen LogP contribution in [0.15, 0.2) is 35.9 Å². The SMILES string of the molecule is C/C(=C/c1ccccc1)CNC1CCN(C2CCCCC2O)CC1. The normalized spacial score (nSPS) is 27.3. The van der Waals surface area contributed by atoms with Crippen molar-refractivity contribution in [2.75, 3.05) is 19.6 Å². The number of nitrogens with one attached hydrogen (secondary N) is 1. The van der Waals surface area contributed by atoms with E-state index in [-0.39, 0.29) is 6.10 Å². The van der Waals surface area contributed by atoms with Gasteiger partial charge in [0.2, 0.25) is 0 Å². The highest BCUT2D eigenvalue weighted by Crippen LogP contribution is 2.25. The largest absolute Gasteiger partial charge is 0.391 e. The lowest BCUT2D eigenvalue weighted by Gasteiger charge is -2.41. The third-order valence-electron chi connectivity index (χ3n) is 5.57. The molecule has 1 aromatic carbocycles. The summed E-state index contributed by atoms with van der Waals surface area (Å²) in [6, 6.07) is 11.6. The minimum absolute atomic E-state index is 0.0979. The van der Waals surface area contributed by atoms with E-state index in [9.17, 15) is 5.11 Å². The Morgan fingerprint density at radius 2 is 1.83 bits per heavy atom. The van der Waals surface area contributed by atoms with Gasteiger partial charge in [-0.3, -0.25) is 4.90 Å². The predicted molar refractivity (Wildman–Crippen MR) is 101 cm³/mol. The molecule has 0 aromatic heterocycles. The van der Waals surface area contributed by atoms with Gasteiger partial charge in [-0.15, -0.1) is 0 Å². The first kappa shape index (κ1) is 17.7. The maximum Gasteiger partial charge on any atom is 0.0695 e. The number of aliphatic hydroxyl groups is 1. The van der Waals surface area contributed by atoms with Crippen LogP contribution in [-0.2, 0) is 0 Å². The van der Waals surface area contributed by atoms with Crippen LogP contribution in [0.5, 0.6) is 0 Å².